The van der Waals surface area contributed by atoms with E-state index in [-0.39, 0.29) is 5.56 Å². The van der Waals surface area contributed by atoms with Crippen molar-refractivity contribution >= 4 is 16.9 Å². The van der Waals surface area contributed by atoms with Gasteiger partial charge in [-0.3, -0.25) is 4.79 Å². The lowest BCUT2D eigenvalue weighted by Gasteiger charge is -2.05. The van der Waals surface area contributed by atoms with Gasteiger partial charge in [0.15, 0.2) is 11.2 Å². The van der Waals surface area contributed by atoms with Crippen LogP contribution in [-0.4, -0.2) is 19.5 Å². The highest BCUT2D eigenvalue weighted by atomic mass is 16.1. The number of nitrogens with two attached hydrogens (primary N) is 1. The zero-order chi connectivity index (χ0) is 17.2. The third-order valence-corrected chi connectivity index (χ3v) is 4.13. The van der Waals surface area contributed by atoms with Crippen molar-refractivity contribution in [2.75, 3.05) is 5.73 Å². The van der Waals surface area contributed by atoms with Crippen molar-refractivity contribution in [1.82, 2.24) is 19.5 Å². The lowest BCUT2D eigenvalue weighted by molar-refractivity contribution is 0.713. The number of rotatable bonds is 4. The van der Waals surface area contributed by atoms with Gasteiger partial charge in [0.2, 0.25) is 0 Å². The molecule has 0 aliphatic heterocycles. The SMILES string of the molecule is Nc1cccc(-c2nc3ncn(CCc4ccccc4)c3c(=O)[nH]2)c1. The molecule has 0 aliphatic rings. The van der Waals surface area contributed by atoms with E-state index < -0.39 is 0 Å². The van der Waals surface area contributed by atoms with Crippen molar-refractivity contribution in [3.05, 3.63) is 76.8 Å². The van der Waals surface area contributed by atoms with E-state index in [1.54, 1.807) is 18.5 Å². The Bertz CT molecular complexity index is 1080. The van der Waals surface area contributed by atoms with E-state index in [2.05, 4.69) is 27.1 Å². The van der Waals surface area contributed by atoms with Crippen LogP contribution in [0.15, 0.2) is 65.7 Å². The Morgan fingerprint density at radius 2 is 1.92 bits per heavy atom. The first-order chi connectivity index (χ1) is 12.2. The fraction of sp³-hybridized carbons (Fsp3) is 0.105. The van der Waals surface area contributed by atoms with Crippen molar-refractivity contribution < 1.29 is 0 Å². The summed E-state index contributed by atoms with van der Waals surface area (Å²) in [4.78, 5) is 24.2. The number of H-pyrrole nitrogens is 1. The number of nitrogens with one attached hydrogen (secondary N) is 1. The van der Waals surface area contributed by atoms with Gasteiger partial charge in [-0.25, -0.2) is 9.97 Å². The number of fused-ring (bicyclic) bond motifs is 1. The Labute approximate surface area is 144 Å². The van der Waals surface area contributed by atoms with Gasteiger partial charge < -0.3 is 15.3 Å². The first-order valence-corrected chi connectivity index (χ1v) is 8.06. The van der Waals surface area contributed by atoms with Crippen molar-refractivity contribution in [2.24, 2.45) is 0 Å². The van der Waals surface area contributed by atoms with Crippen molar-refractivity contribution in [2.45, 2.75) is 13.0 Å². The highest BCUT2D eigenvalue weighted by Crippen LogP contribution is 2.18. The first kappa shape index (κ1) is 15.1. The molecule has 4 rings (SSSR count). The van der Waals surface area contributed by atoms with Crippen LogP contribution >= 0.6 is 0 Å². The molecule has 6 nitrogen and oxygen atoms in total. The molecule has 0 fully saturated rings. The van der Waals surface area contributed by atoms with Crippen LogP contribution in [0.25, 0.3) is 22.6 Å². The molecule has 124 valence electrons. The van der Waals surface area contributed by atoms with E-state index in [9.17, 15) is 4.79 Å². The molecule has 4 aromatic rings. The Kier molecular flexibility index (Phi) is 3.78. The zero-order valence-electron chi connectivity index (χ0n) is 13.5. The predicted octanol–water partition coefficient (Wildman–Crippen LogP) is 2.61. The smallest absolute Gasteiger partial charge is 0.277 e. The highest BCUT2D eigenvalue weighted by molar-refractivity contribution is 5.73. The molecule has 0 aliphatic carbocycles. The summed E-state index contributed by atoms with van der Waals surface area (Å²) >= 11 is 0. The lowest BCUT2D eigenvalue weighted by atomic mass is 10.1. The van der Waals surface area contributed by atoms with E-state index in [0.29, 0.717) is 29.2 Å². The minimum absolute atomic E-state index is 0.201. The van der Waals surface area contributed by atoms with Crippen LogP contribution < -0.4 is 11.3 Å². The van der Waals surface area contributed by atoms with E-state index in [1.165, 1.54) is 5.56 Å². The normalized spacial score (nSPS) is 11.0. The number of hydrogen-bond donors (Lipinski definition) is 2. The van der Waals surface area contributed by atoms with Gasteiger partial charge in [-0.2, -0.15) is 0 Å². The number of hydrogen-bond acceptors (Lipinski definition) is 4. The van der Waals surface area contributed by atoms with E-state index >= 15 is 0 Å². The highest BCUT2D eigenvalue weighted by Gasteiger charge is 2.11. The Hall–Kier alpha value is -3.41. The van der Waals surface area contributed by atoms with Crippen LogP contribution in [-0.2, 0) is 13.0 Å². The number of benzene rings is 2. The fourth-order valence-electron chi connectivity index (χ4n) is 2.87. The average molecular weight is 331 g/mol. The van der Waals surface area contributed by atoms with Crippen LogP contribution in [0.4, 0.5) is 5.69 Å². The van der Waals surface area contributed by atoms with Crippen LogP contribution in [0.3, 0.4) is 0 Å². The summed E-state index contributed by atoms with van der Waals surface area (Å²) in [6, 6.07) is 17.4. The average Bonchev–Trinajstić information content (AvgIpc) is 3.04. The quantitative estimate of drug-likeness (QED) is 0.563. The fourth-order valence-corrected chi connectivity index (χ4v) is 2.87. The van der Waals surface area contributed by atoms with Crippen LogP contribution in [0.2, 0.25) is 0 Å². The predicted molar refractivity (Wildman–Crippen MR) is 98.1 cm³/mol. The molecule has 0 amide bonds. The molecule has 2 aromatic heterocycles. The molecular formula is C19H17N5O. The van der Waals surface area contributed by atoms with Gasteiger partial charge in [0, 0.05) is 17.8 Å². The number of aryl methyl sites for hydroxylation is 2. The lowest BCUT2D eigenvalue weighted by Crippen LogP contribution is -2.14. The minimum Gasteiger partial charge on any atom is -0.399 e. The van der Waals surface area contributed by atoms with Crippen LogP contribution in [0.5, 0.6) is 0 Å². The number of aromatic nitrogens is 4. The van der Waals surface area contributed by atoms with Gasteiger partial charge in [-0.05, 0) is 24.1 Å². The van der Waals surface area contributed by atoms with E-state index in [1.807, 2.05) is 34.9 Å². The van der Waals surface area contributed by atoms with Crippen LogP contribution in [0, 0.1) is 0 Å². The second kappa shape index (κ2) is 6.24. The summed E-state index contributed by atoms with van der Waals surface area (Å²) in [7, 11) is 0. The second-order valence-electron chi connectivity index (χ2n) is 5.89. The molecule has 6 heteroatoms. The summed E-state index contributed by atoms with van der Waals surface area (Å²) in [6.07, 6.45) is 2.49. The van der Waals surface area contributed by atoms with Crippen molar-refractivity contribution in [1.29, 1.82) is 0 Å². The van der Waals surface area contributed by atoms with Gasteiger partial charge in [0.1, 0.15) is 5.82 Å². The monoisotopic (exact) mass is 331 g/mol. The molecule has 0 saturated heterocycles. The third-order valence-electron chi connectivity index (χ3n) is 4.13. The Morgan fingerprint density at radius 1 is 1.08 bits per heavy atom. The van der Waals surface area contributed by atoms with Gasteiger partial charge in [-0.15, -0.1) is 0 Å². The number of anilines is 1. The van der Waals surface area contributed by atoms with Crippen molar-refractivity contribution in [3.63, 3.8) is 0 Å². The Morgan fingerprint density at radius 3 is 2.72 bits per heavy atom. The van der Waals surface area contributed by atoms with Crippen molar-refractivity contribution in [3.8, 4) is 11.4 Å². The van der Waals surface area contributed by atoms with Gasteiger partial charge in [-0.1, -0.05) is 42.5 Å². The van der Waals surface area contributed by atoms with E-state index in [0.717, 1.165) is 12.0 Å². The topological polar surface area (TPSA) is 89.6 Å². The molecule has 0 bridgehead atoms. The minimum atomic E-state index is -0.201. The number of imidazole rings is 1. The molecule has 25 heavy (non-hydrogen) atoms. The Balaban J connectivity index is 1.69. The summed E-state index contributed by atoms with van der Waals surface area (Å²) in [5, 5.41) is 0. The summed E-state index contributed by atoms with van der Waals surface area (Å²) in [5.74, 6) is 0.470. The molecule has 0 unspecified atom stereocenters. The summed E-state index contributed by atoms with van der Waals surface area (Å²) < 4.78 is 1.84. The number of nitrogen functional groups attached to an aromatic ring is 1. The molecule has 3 N–H and O–H groups in total. The zero-order valence-corrected chi connectivity index (χ0v) is 13.5. The van der Waals surface area contributed by atoms with E-state index in [4.69, 9.17) is 5.73 Å². The largest absolute Gasteiger partial charge is 0.399 e. The molecule has 0 spiro atoms. The molecule has 0 saturated carbocycles. The number of nitrogens with zero attached hydrogens (tertiary/aromatic N) is 3. The van der Waals surface area contributed by atoms with Gasteiger partial charge in [0.25, 0.3) is 5.56 Å². The summed E-state index contributed by atoms with van der Waals surface area (Å²) in [5.41, 5.74) is 9.13. The summed E-state index contributed by atoms with van der Waals surface area (Å²) in [6.45, 7) is 0.670. The second-order valence-corrected chi connectivity index (χ2v) is 5.89. The van der Waals surface area contributed by atoms with Gasteiger partial charge >= 0.3 is 0 Å². The maximum atomic E-state index is 12.6. The van der Waals surface area contributed by atoms with Crippen LogP contribution in [0.1, 0.15) is 5.56 Å². The number of aromatic amines is 1. The maximum Gasteiger partial charge on any atom is 0.277 e. The maximum absolute atomic E-state index is 12.6. The molecule has 0 atom stereocenters. The third kappa shape index (κ3) is 3.01. The molecule has 2 heterocycles. The first-order valence-electron chi connectivity index (χ1n) is 8.06. The van der Waals surface area contributed by atoms with Gasteiger partial charge in [0.05, 0.1) is 6.33 Å². The molecular weight excluding hydrogens is 314 g/mol. The molecule has 0 radical (unpaired) electrons. The molecule has 2 aromatic carbocycles. The standard InChI is InChI=1S/C19H17N5O/c20-15-8-4-7-14(11-15)17-22-18-16(19(25)23-17)24(12-21-18)10-9-13-5-2-1-3-6-13/h1-8,11-12H,9-10,20H2,(H,22,23,25).